The number of hydrogen-bond donors (Lipinski definition) is 2. The van der Waals surface area contributed by atoms with E-state index >= 15 is 0 Å². The van der Waals surface area contributed by atoms with Crippen LogP contribution in [0.25, 0.3) is 33.2 Å². The van der Waals surface area contributed by atoms with Crippen molar-refractivity contribution in [3.63, 3.8) is 0 Å². The molecule has 1 amide bonds. The predicted molar refractivity (Wildman–Crippen MR) is 170 cm³/mol. The van der Waals surface area contributed by atoms with Crippen molar-refractivity contribution in [1.29, 1.82) is 0 Å². The number of rotatable bonds is 7. The summed E-state index contributed by atoms with van der Waals surface area (Å²) in [6.45, 7) is 3.88. The molecule has 0 spiro atoms. The smallest absolute Gasteiger partial charge is 0.264 e. The van der Waals surface area contributed by atoms with Gasteiger partial charge in [0.1, 0.15) is 28.0 Å². The number of aryl methyl sites for hydroxylation is 1. The van der Waals surface area contributed by atoms with Gasteiger partial charge < -0.3 is 20.1 Å². The van der Waals surface area contributed by atoms with E-state index in [9.17, 15) is 22.0 Å². The lowest BCUT2D eigenvalue weighted by atomic mass is 9.98. The van der Waals surface area contributed by atoms with Crippen molar-refractivity contribution in [3.8, 4) is 28.1 Å². The number of nitrogens with two attached hydrogens (primary N) is 1. The summed E-state index contributed by atoms with van der Waals surface area (Å²) in [6, 6.07) is 18.3. The van der Waals surface area contributed by atoms with E-state index in [4.69, 9.17) is 15.2 Å². The lowest BCUT2D eigenvalue weighted by Crippen LogP contribution is -2.40. The number of carbonyl (C=O) groups is 1. The minimum atomic E-state index is -4.46. The summed E-state index contributed by atoms with van der Waals surface area (Å²) in [5.41, 5.74) is 10.8. The molecule has 3 N–H and O–H groups in total. The molecule has 5 aromatic rings. The zero-order valence-electron chi connectivity index (χ0n) is 24.9. The van der Waals surface area contributed by atoms with Gasteiger partial charge in [-0.3, -0.25) is 9.52 Å². The van der Waals surface area contributed by atoms with Crippen LogP contribution in [0.2, 0.25) is 0 Å². The molecule has 236 valence electrons. The minimum Gasteiger partial charge on any atom is -0.479 e. The zero-order valence-corrected chi connectivity index (χ0v) is 25.7. The van der Waals surface area contributed by atoms with Crippen LogP contribution in [0, 0.1) is 18.6 Å². The third kappa shape index (κ3) is 6.06. The summed E-state index contributed by atoms with van der Waals surface area (Å²) in [4.78, 5) is 22.9. The zero-order chi connectivity index (χ0) is 32.6. The number of carbonyl (C=O) groups excluding carboxylic acids is 1. The highest BCUT2D eigenvalue weighted by atomic mass is 32.2. The number of nitrogen functional groups attached to an aromatic ring is 1. The second kappa shape index (κ2) is 12.3. The molecule has 10 nitrogen and oxygen atoms in total. The van der Waals surface area contributed by atoms with E-state index in [1.165, 1.54) is 13.2 Å². The fourth-order valence-corrected chi connectivity index (χ4v) is 6.44. The van der Waals surface area contributed by atoms with Gasteiger partial charge in [0.05, 0.1) is 25.8 Å². The Hall–Kier alpha value is -5.14. The fraction of sp³-hybridized carbons (Fsp3) is 0.182. The van der Waals surface area contributed by atoms with Gasteiger partial charge in [-0.05, 0) is 66.6 Å². The van der Waals surface area contributed by atoms with Gasteiger partial charge in [-0.25, -0.2) is 27.2 Å². The first-order valence-corrected chi connectivity index (χ1v) is 15.7. The minimum absolute atomic E-state index is 0.0274. The number of pyridine rings is 2. The number of hydrogen-bond acceptors (Lipinski definition) is 8. The largest absolute Gasteiger partial charge is 0.479 e. The summed E-state index contributed by atoms with van der Waals surface area (Å²) in [7, 11) is -3.13. The van der Waals surface area contributed by atoms with Crippen LogP contribution >= 0.6 is 0 Å². The molecule has 0 aliphatic carbocycles. The Kier molecular flexibility index (Phi) is 8.28. The number of anilines is 2. The summed E-state index contributed by atoms with van der Waals surface area (Å²) in [6.07, 6.45) is 0. The standard InChI is InChI=1S/C33H29F2N5O5S/c1-19-25(18-29(32(37-19)44-2)39-46(42,43)30-10-8-24(34)17-27(30)35)22-7-9-28-23(15-22)16-26(31(36)38-28)20-3-5-21(6-4-20)33(41)40-11-13-45-14-12-40/h3-10,15-18,39H,11-14H2,1-2H3,(H2,36,38). The van der Waals surface area contributed by atoms with Crippen LogP contribution in [-0.2, 0) is 14.8 Å². The number of ether oxygens (including phenoxy) is 2. The van der Waals surface area contributed by atoms with Gasteiger partial charge in [0.2, 0.25) is 5.88 Å². The highest BCUT2D eigenvalue weighted by molar-refractivity contribution is 7.92. The molecule has 0 saturated carbocycles. The molecule has 0 bridgehead atoms. The van der Waals surface area contributed by atoms with E-state index in [2.05, 4.69) is 14.7 Å². The molecule has 1 aliphatic rings. The first-order chi connectivity index (χ1) is 22.0. The van der Waals surface area contributed by atoms with E-state index in [-0.39, 0.29) is 17.5 Å². The number of fused-ring (bicyclic) bond motifs is 1. The number of aromatic nitrogens is 2. The van der Waals surface area contributed by atoms with Crippen LogP contribution in [0.5, 0.6) is 5.88 Å². The Morgan fingerprint density at radius 1 is 0.935 bits per heavy atom. The summed E-state index contributed by atoms with van der Waals surface area (Å²) < 4.78 is 66.8. The molecule has 13 heteroatoms. The Bertz CT molecular complexity index is 2090. The van der Waals surface area contributed by atoms with Gasteiger partial charge in [0.25, 0.3) is 15.9 Å². The number of halogens is 2. The SMILES string of the molecule is COc1nc(C)c(-c2ccc3nc(N)c(-c4ccc(C(=O)N5CCOCC5)cc4)cc3c2)cc1NS(=O)(=O)c1ccc(F)cc1F. The van der Waals surface area contributed by atoms with E-state index < -0.39 is 26.6 Å². The van der Waals surface area contributed by atoms with Crippen LogP contribution in [0.4, 0.5) is 20.3 Å². The average Bonchev–Trinajstić information content (AvgIpc) is 3.04. The monoisotopic (exact) mass is 645 g/mol. The Labute approximate surface area is 263 Å². The fourth-order valence-electron chi connectivity index (χ4n) is 5.33. The highest BCUT2D eigenvalue weighted by Gasteiger charge is 2.23. The van der Waals surface area contributed by atoms with Crippen molar-refractivity contribution in [2.24, 2.45) is 0 Å². The molecule has 6 rings (SSSR count). The topological polar surface area (TPSA) is 137 Å². The van der Waals surface area contributed by atoms with Crippen molar-refractivity contribution in [1.82, 2.24) is 14.9 Å². The van der Waals surface area contributed by atoms with Crippen molar-refractivity contribution in [2.45, 2.75) is 11.8 Å². The molecule has 3 heterocycles. The summed E-state index contributed by atoms with van der Waals surface area (Å²) in [5, 5.41) is 0.751. The van der Waals surface area contributed by atoms with E-state index in [0.717, 1.165) is 23.1 Å². The highest BCUT2D eigenvalue weighted by Crippen LogP contribution is 2.36. The Morgan fingerprint density at radius 2 is 1.65 bits per heavy atom. The molecular formula is C33H29F2N5O5S. The number of nitrogens with one attached hydrogen (secondary N) is 1. The number of sulfonamides is 1. The van der Waals surface area contributed by atoms with Gasteiger partial charge >= 0.3 is 0 Å². The maximum absolute atomic E-state index is 14.4. The van der Waals surface area contributed by atoms with Gasteiger partial charge in [0.15, 0.2) is 0 Å². The lowest BCUT2D eigenvalue weighted by molar-refractivity contribution is 0.0303. The molecule has 1 aliphatic heterocycles. The molecule has 1 saturated heterocycles. The molecular weight excluding hydrogens is 616 g/mol. The van der Waals surface area contributed by atoms with Crippen LogP contribution in [0.3, 0.4) is 0 Å². The van der Waals surface area contributed by atoms with Gasteiger partial charge in [-0.15, -0.1) is 0 Å². The van der Waals surface area contributed by atoms with Gasteiger partial charge in [-0.1, -0.05) is 18.2 Å². The second-order valence-electron chi connectivity index (χ2n) is 10.7. The van der Waals surface area contributed by atoms with Crippen molar-refractivity contribution < 1.29 is 31.5 Å². The number of benzene rings is 3. The van der Waals surface area contributed by atoms with E-state index in [1.54, 1.807) is 36.1 Å². The molecule has 46 heavy (non-hydrogen) atoms. The maximum Gasteiger partial charge on any atom is 0.264 e. The maximum atomic E-state index is 14.4. The van der Waals surface area contributed by atoms with Gasteiger partial charge in [0, 0.05) is 46.9 Å². The molecule has 0 radical (unpaired) electrons. The van der Waals surface area contributed by atoms with Crippen LogP contribution in [-0.4, -0.2) is 62.6 Å². The number of methoxy groups -OCH3 is 1. The molecule has 0 unspecified atom stereocenters. The van der Waals surface area contributed by atoms with E-state index in [1.807, 2.05) is 24.3 Å². The number of nitrogens with zero attached hydrogens (tertiary/aromatic N) is 3. The van der Waals surface area contributed by atoms with Crippen LogP contribution in [0.15, 0.2) is 77.7 Å². The third-order valence-electron chi connectivity index (χ3n) is 7.70. The summed E-state index contributed by atoms with van der Waals surface area (Å²) >= 11 is 0. The third-order valence-corrected chi connectivity index (χ3v) is 9.09. The Balaban J connectivity index is 1.34. The Morgan fingerprint density at radius 3 is 2.35 bits per heavy atom. The lowest BCUT2D eigenvalue weighted by Gasteiger charge is -2.26. The normalized spacial score (nSPS) is 13.5. The molecule has 2 aromatic heterocycles. The second-order valence-corrected chi connectivity index (χ2v) is 12.3. The average molecular weight is 646 g/mol. The predicted octanol–water partition coefficient (Wildman–Crippen LogP) is 5.41. The molecule has 1 fully saturated rings. The van der Waals surface area contributed by atoms with E-state index in [0.29, 0.717) is 71.7 Å². The first-order valence-electron chi connectivity index (χ1n) is 14.3. The number of morpholine rings is 1. The summed E-state index contributed by atoms with van der Waals surface area (Å²) in [5.74, 6) is -1.90. The van der Waals surface area contributed by atoms with Crippen LogP contribution < -0.4 is 15.2 Å². The van der Waals surface area contributed by atoms with Gasteiger partial charge in [-0.2, -0.15) is 0 Å². The van der Waals surface area contributed by atoms with Crippen LogP contribution in [0.1, 0.15) is 16.1 Å². The van der Waals surface area contributed by atoms with Crippen molar-refractivity contribution in [2.75, 3.05) is 43.9 Å². The quantitative estimate of drug-likeness (QED) is 0.240. The van der Waals surface area contributed by atoms with Crippen molar-refractivity contribution in [3.05, 3.63) is 95.7 Å². The first kappa shape index (κ1) is 30.9. The number of amides is 1. The van der Waals surface area contributed by atoms with Crippen molar-refractivity contribution >= 4 is 38.3 Å². The molecule has 0 atom stereocenters. The molecule has 3 aromatic carbocycles.